The summed E-state index contributed by atoms with van der Waals surface area (Å²) in [5, 5.41) is 6.83. The summed E-state index contributed by atoms with van der Waals surface area (Å²) < 4.78 is 5.54. The van der Waals surface area contributed by atoms with Crippen LogP contribution in [-0.2, 0) is 17.6 Å². The van der Waals surface area contributed by atoms with Gasteiger partial charge in [0.05, 0.1) is 10.7 Å². The van der Waals surface area contributed by atoms with Crippen molar-refractivity contribution in [2.45, 2.75) is 65.9 Å². The highest BCUT2D eigenvalue weighted by atomic mass is 127. The van der Waals surface area contributed by atoms with Gasteiger partial charge in [-0.05, 0) is 52.9 Å². The van der Waals surface area contributed by atoms with Gasteiger partial charge in [0.15, 0.2) is 5.96 Å². The van der Waals surface area contributed by atoms with Crippen LogP contribution in [0.3, 0.4) is 0 Å². The summed E-state index contributed by atoms with van der Waals surface area (Å²) in [6.45, 7) is 14.0. The Kier molecular flexibility index (Phi) is 12.1. The number of likely N-dealkylation sites (tertiary alicyclic amines) is 1. The van der Waals surface area contributed by atoms with Crippen molar-refractivity contribution in [2.75, 3.05) is 39.8 Å². The van der Waals surface area contributed by atoms with Gasteiger partial charge in [0.2, 0.25) is 0 Å². The maximum Gasteiger partial charge on any atom is 0.410 e. The van der Waals surface area contributed by atoms with E-state index in [9.17, 15) is 4.79 Å². The van der Waals surface area contributed by atoms with E-state index in [1.54, 1.807) is 11.3 Å². The number of rotatable bonds is 7. The first kappa shape index (κ1) is 27.9. The molecule has 2 rings (SSSR count). The lowest BCUT2D eigenvalue weighted by atomic mass is 9.96. The highest BCUT2D eigenvalue weighted by Gasteiger charge is 2.27. The Bertz CT molecular complexity index is 696. The molecule has 0 unspecified atom stereocenters. The molecule has 1 aromatic rings. The maximum atomic E-state index is 12.4. The number of nitrogens with zero attached hydrogens (tertiary/aromatic N) is 4. The fourth-order valence-electron chi connectivity index (χ4n) is 3.56. The molecule has 1 N–H and O–H groups in total. The van der Waals surface area contributed by atoms with Gasteiger partial charge in [0, 0.05) is 51.6 Å². The lowest BCUT2D eigenvalue weighted by molar-refractivity contribution is 0.0214. The topological polar surface area (TPSA) is 70.1 Å². The van der Waals surface area contributed by atoms with E-state index in [1.165, 1.54) is 5.01 Å². The number of piperidine rings is 1. The standard InChI is InChI=1S/C22H39N5O2S.HI/c1-7-19-25-18(16-30-19)9-12-24-20(23-6)27-13-10-17(11-14-27)15-26(8-2)21(28)29-22(3,4)5;/h16-17H,7-15H2,1-6H3,(H,23,24);1H. The van der Waals surface area contributed by atoms with Crippen molar-refractivity contribution in [2.24, 2.45) is 10.9 Å². The molecule has 178 valence electrons. The van der Waals surface area contributed by atoms with Crippen molar-refractivity contribution in [3.8, 4) is 0 Å². The largest absolute Gasteiger partial charge is 0.444 e. The van der Waals surface area contributed by atoms with Crippen molar-refractivity contribution in [1.82, 2.24) is 20.1 Å². The van der Waals surface area contributed by atoms with Crippen LogP contribution in [-0.4, -0.2) is 72.2 Å². The van der Waals surface area contributed by atoms with Crippen molar-refractivity contribution in [3.63, 3.8) is 0 Å². The third-order valence-corrected chi connectivity index (χ3v) is 6.25. The Morgan fingerprint density at radius 2 is 2.03 bits per heavy atom. The molecule has 1 aliphatic rings. The number of hydrogen-bond donors (Lipinski definition) is 1. The predicted octanol–water partition coefficient (Wildman–Crippen LogP) is 4.41. The molecular weight excluding hydrogens is 525 g/mol. The molecular formula is C22H40IN5O2S. The summed E-state index contributed by atoms with van der Waals surface area (Å²) in [5.41, 5.74) is 0.697. The predicted molar refractivity (Wildman–Crippen MR) is 140 cm³/mol. The van der Waals surface area contributed by atoms with Gasteiger partial charge in [-0.25, -0.2) is 9.78 Å². The summed E-state index contributed by atoms with van der Waals surface area (Å²) in [6, 6.07) is 0. The molecule has 1 saturated heterocycles. The number of ether oxygens (including phenoxy) is 1. The first-order chi connectivity index (χ1) is 14.3. The minimum atomic E-state index is -0.456. The molecule has 1 fully saturated rings. The smallest absolute Gasteiger partial charge is 0.410 e. The van der Waals surface area contributed by atoms with E-state index in [0.717, 1.165) is 63.5 Å². The third kappa shape index (κ3) is 9.51. The number of carbonyl (C=O) groups excluding carboxylic acids is 1. The van der Waals surface area contributed by atoms with Gasteiger partial charge < -0.3 is 19.9 Å². The van der Waals surface area contributed by atoms with Crippen LogP contribution in [0.25, 0.3) is 0 Å². The Morgan fingerprint density at radius 3 is 2.55 bits per heavy atom. The molecule has 1 aromatic heterocycles. The highest BCUT2D eigenvalue weighted by Crippen LogP contribution is 2.20. The molecule has 2 heterocycles. The highest BCUT2D eigenvalue weighted by molar-refractivity contribution is 14.0. The number of aryl methyl sites for hydroxylation is 1. The van der Waals surface area contributed by atoms with Gasteiger partial charge in [-0.15, -0.1) is 35.3 Å². The van der Waals surface area contributed by atoms with E-state index >= 15 is 0 Å². The zero-order valence-electron chi connectivity index (χ0n) is 19.9. The molecule has 7 nitrogen and oxygen atoms in total. The molecule has 1 amide bonds. The van der Waals surface area contributed by atoms with Gasteiger partial charge in [-0.3, -0.25) is 4.99 Å². The molecule has 1 aliphatic heterocycles. The number of hydrogen-bond acceptors (Lipinski definition) is 5. The molecule has 0 radical (unpaired) electrons. The molecule has 0 aromatic carbocycles. The van der Waals surface area contributed by atoms with Crippen LogP contribution in [0.5, 0.6) is 0 Å². The number of nitrogens with one attached hydrogen (secondary N) is 1. The number of aromatic nitrogens is 1. The number of thiazole rings is 1. The molecule has 9 heteroatoms. The number of carbonyl (C=O) groups is 1. The van der Waals surface area contributed by atoms with Crippen LogP contribution in [0.15, 0.2) is 10.4 Å². The van der Waals surface area contributed by atoms with E-state index in [4.69, 9.17) is 4.74 Å². The minimum Gasteiger partial charge on any atom is -0.444 e. The van der Waals surface area contributed by atoms with Gasteiger partial charge in [-0.1, -0.05) is 6.92 Å². The molecule has 0 atom stereocenters. The molecule has 0 bridgehead atoms. The van der Waals surface area contributed by atoms with Gasteiger partial charge in [0.25, 0.3) is 0 Å². The molecule has 0 aliphatic carbocycles. The van der Waals surface area contributed by atoms with Crippen LogP contribution in [0.2, 0.25) is 0 Å². The summed E-state index contributed by atoms with van der Waals surface area (Å²) >= 11 is 1.74. The monoisotopic (exact) mass is 565 g/mol. The zero-order chi connectivity index (χ0) is 22.1. The number of amides is 1. The van der Waals surface area contributed by atoms with Gasteiger partial charge in [-0.2, -0.15) is 0 Å². The van der Waals surface area contributed by atoms with E-state index in [2.05, 4.69) is 32.5 Å². The average molecular weight is 566 g/mol. The summed E-state index contributed by atoms with van der Waals surface area (Å²) in [4.78, 5) is 25.6. The number of aliphatic imine (C=N–C) groups is 1. The van der Waals surface area contributed by atoms with E-state index < -0.39 is 5.60 Å². The summed E-state index contributed by atoms with van der Waals surface area (Å²) in [7, 11) is 1.84. The Hall–Kier alpha value is -1.10. The SMILES string of the molecule is CCc1nc(CCNC(=NC)N2CCC(CN(CC)C(=O)OC(C)(C)C)CC2)cs1.I. The second kappa shape index (κ2) is 13.4. The Morgan fingerprint density at radius 1 is 1.35 bits per heavy atom. The van der Waals surface area contributed by atoms with E-state index in [0.29, 0.717) is 12.5 Å². The van der Waals surface area contributed by atoms with Crippen LogP contribution in [0, 0.1) is 5.92 Å². The van der Waals surface area contributed by atoms with Gasteiger partial charge >= 0.3 is 6.09 Å². The van der Waals surface area contributed by atoms with Crippen LogP contribution in [0.1, 0.15) is 58.2 Å². The fraction of sp³-hybridized carbons (Fsp3) is 0.773. The van der Waals surface area contributed by atoms with E-state index in [-0.39, 0.29) is 30.1 Å². The quantitative estimate of drug-likeness (QED) is 0.302. The second-order valence-electron chi connectivity index (χ2n) is 8.76. The normalized spacial score (nSPS) is 15.4. The van der Waals surface area contributed by atoms with Crippen molar-refractivity contribution >= 4 is 47.4 Å². The molecule has 0 spiro atoms. The third-order valence-electron chi connectivity index (χ3n) is 5.20. The Labute approximate surface area is 209 Å². The second-order valence-corrected chi connectivity index (χ2v) is 9.70. The van der Waals surface area contributed by atoms with Crippen LogP contribution in [0.4, 0.5) is 4.79 Å². The first-order valence-corrected chi connectivity index (χ1v) is 12.0. The lowest BCUT2D eigenvalue weighted by Gasteiger charge is -2.36. The van der Waals surface area contributed by atoms with Crippen molar-refractivity contribution in [1.29, 1.82) is 0 Å². The maximum absolute atomic E-state index is 12.4. The molecule has 0 saturated carbocycles. The number of halogens is 1. The summed E-state index contributed by atoms with van der Waals surface area (Å²) in [6.07, 6.45) is 3.79. The average Bonchev–Trinajstić information content (AvgIpc) is 3.16. The van der Waals surface area contributed by atoms with E-state index in [1.807, 2.05) is 39.6 Å². The van der Waals surface area contributed by atoms with Crippen LogP contribution >= 0.6 is 35.3 Å². The lowest BCUT2D eigenvalue weighted by Crippen LogP contribution is -2.48. The zero-order valence-corrected chi connectivity index (χ0v) is 23.1. The van der Waals surface area contributed by atoms with Crippen molar-refractivity contribution in [3.05, 3.63) is 16.1 Å². The molecule has 31 heavy (non-hydrogen) atoms. The first-order valence-electron chi connectivity index (χ1n) is 11.1. The van der Waals surface area contributed by atoms with Crippen LogP contribution < -0.4 is 5.32 Å². The minimum absolute atomic E-state index is 0. The Balaban J connectivity index is 0.00000480. The number of guanidine groups is 1. The fourth-order valence-corrected chi connectivity index (χ4v) is 4.34. The van der Waals surface area contributed by atoms with Gasteiger partial charge in [0.1, 0.15) is 5.60 Å². The van der Waals surface area contributed by atoms with Crippen molar-refractivity contribution < 1.29 is 9.53 Å². The summed E-state index contributed by atoms with van der Waals surface area (Å²) in [5.74, 6) is 1.45.